The predicted molar refractivity (Wildman–Crippen MR) is 152 cm³/mol. The zero-order chi connectivity index (χ0) is 22.5. The fraction of sp³-hybridized carbons (Fsp3) is 0.871. The molecule has 0 heterocycles. The van der Waals surface area contributed by atoms with E-state index in [1.165, 1.54) is 77.0 Å². The first kappa shape index (κ1) is 25.0. The van der Waals surface area contributed by atoms with E-state index in [4.69, 9.17) is 0 Å². The van der Waals surface area contributed by atoms with Crippen molar-refractivity contribution in [2.75, 3.05) is 0 Å². The molecule has 0 spiro atoms. The zero-order valence-corrected chi connectivity index (χ0v) is 23.5. The van der Waals surface area contributed by atoms with Gasteiger partial charge < -0.3 is 0 Å². The molecule has 0 aromatic rings. The SMILES string of the molecule is CC(C1=CC=CC1P(C1CCCCC1)C1CCCCC1)P(C1CCCCC1)C1CCCCC1. The second-order valence-corrected chi connectivity index (χ2v) is 18.3. The van der Waals surface area contributed by atoms with E-state index in [1.54, 1.807) is 51.4 Å². The maximum atomic E-state index is 2.75. The van der Waals surface area contributed by atoms with Crippen molar-refractivity contribution in [3.63, 3.8) is 0 Å². The highest BCUT2D eigenvalue weighted by Gasteiger charge is 2.42. The summed E-state index contributed by atoms with van der Waals surface area (Å²) in [7, 11) is 0.272. The number of hydrogen-bond acceptors (Lipinski definition) is 0. The summed E-state index contributed by atoms with van der Waals surface area (Å²) in [4.78, 5) is 0. The van der Waals surface area contributed by atoms with Gasteiger partial charge in [0, 0.05) is 5.66 Å². The van der Waals surface area contributed by atoms with E-state index < -0.39 is 0 Å². The summed E-state index contributed by atoms with van der Waals surface area (Å²) >= 11 is 0. The molecule has 0 aromatic heterocycles. The van der Waals surface area contributed by atoms with E-state index in [1.807, 2.05) is 5.57 Å². The number of rotatable bonds is 7. The minimum absolute atomic E-state index is 0.126. The molecule has 0 bridgehead atoms. The molecule has 0 N–H and O–H groups in total. The number of hydrogen-bond donors (Lipinski definition) is 0. The molecule has 0 radical (unpaired) electrons. The van der Waals surface area contributed by atoms with Gasteiger partial charge in [0.15, 0.2) is 0 Å². The summed E-state index contributed by atoms with van der Waals surface area (Å²) < 4.78 is 0. The van der Waals surface area contributed by atoms with Crippen LogP contribution < -0.4 is 0 Å². The van der Waals surface area contributed by atoms with Crippen LogP contribution in [0.25, 0.3) is 0 Å². The number of allylic oxidation sites excluding steroid dienone is 4. The van der Waals surface area contributed by atoms with Crippen molar-refractivity contribution < 1.29 is 0 Å². The lowest BCUT2D eigenvalue weighted by Crippen LogP contribution is -2.31. The Bertz CT molecular complexity index is 606. The lowest BCUT2D eigenvalue weighted by Gasteiger charge is -2.46. The topological polar surface area (TPSA) is 0 Å². The van der Waals surface area contributed by atoms with Crippen molar-refractivity contribution in [1.82, 2.24) is 0 Å². The maximum Gasteiger partial charge on any atom is 0.0197 e. The van der Waals surface area contributed by atoms with E-state index >= 15 is 0 Å². The molecule has 0 saturated heterocycles. The second kappa shape index (κ2) is 12.5. The third kappa shape index (κ3) is 6.02. The monoisotopic (exact) mass is 486 g/mol. The van der Waals surface area contributed by atoms with Crippen LogP contribution in [0, 0.1) is 0 Å². The van der Waals surface area contributed by atoms with Crippen molar-refractivity contribution >= 4 is 15.8 Å². The van der Waals surface area contributed by atoms with Crippen LogP contribution in [0.4, 0.5) is 0 Å². The molecule has 2 unspecified atom stereocenters. The van der Waals surface area contributed by atoms with Gasteiger partial charge in [0.05, 0.1) is 0 Å². The quantitative estimate of drug-likeness (QED) is 0.314. The van der Waals surface area contributed by atoms with E-state index in [-0.39, 0.29) is 15.8 Å². The third-order valence-electron chi connectivity index (χ3n) is 10.2. The molecule has 0 aromatic carbocycles. The Hall–Kier alpha value is 0.340. The predicted octanol–water partition coefficient (Wildman–Crippen LogP) is 10.5. The summed E-state index contributed by atoms with van der Waals surface area (Å²) in [6.07, 6.45) is 38.8. The van der Waals surface area contributed by atoms with Gasteiger partial charge in [0.2, 0.25) is 0 Å². The normalized spacial score (nSPS) is 30.3. The van der Waals surface area contributed by atoms with Crippen molar-refractivity contribution in [2.24, 2.45) is 0 Å². The molecule has 5 aliphatic carbocycles. The third-order valence-corrected chi connectivity index (χ3v) is 17.9. The highest BCUT2D eigenvalue weighted by atomic mass is 31.1. The second-order valence-electron chi connectivity index (χ2n) is 12.2. The highest BCUT2D eigenvalue weighted by molar-refractivity contribution is 7.61. The molecule has 33 heavy (non-hydrogen) atoms. The van der Waals surface area contributed by atoms with Gasteiger partial charge >= 0.3 is 0 Å². The standard InChI is InChI=1S/C31H52P2/c1-25(32(26-15-6-2-7-16-26)27-17-8-3-9-18-27)30-23-14-24-31(30)33(28-19-10-4-11-20-28)29-21-12-5-13-22-29/h14,23-29,31H,2-13,15-22H2,1H3. The summed E-state index contributed by atoms with van der Waals surface area (Å²) in [5, 5.41) is 0. The van der Waals surface area contributed by atoms with Gasteiger partial charge in [-0.1, -0.05) is 124 Å². The Morgan fingerprint density at radius 1 is 0.576 bits per heavy atom. The van der Waals surface area contributed by atoms with Crippen LogP contribution >= 0.6 is 15.8 Å². The summed E-state index contributed by atoms with van der Waals surface area (Å²) in [5.41, 5.74) is 8.04. The smallest absolute Gasteiger partial charge is 0.0197 e. The van der Waals surface area contributed by atoms with Gasteiger partial charge in [-0.25, -0.2) is 0 Å². The summed E-state index contributed by atoms with van der Waals surface area (Å²) in [6, 6.07) is 0. The van der Waals surface area contributed by atoms with Crippen molar-refractivity contribution in [2.45, 2.75) is 169 Å². The van der Waals surface area contributed by atoms with Crippen LogP contribution in [-0.4, -0.2) is 34.0 Å². The molecule has 2 heteroatoms. The molecule has 4 fully saturated rings. The molecule has 4 saturated carbocycles. The van der Waals surface area contributed by atoms with Crippen molar-refractivity contribution in [3.05, 3.63) is 23.8 Å². The van der Waals surface area contributed by atoms with Crippen LogP contribution in [0.1, 0.15) is 135 Å². The molecule has 2 atom stereocenters. The van der Waals surface area contributed by atoms with Gasteiger partial charge in [-0.2, -0.15) is 0 Å². The molecular weight excluding hydrogens is 434 g/mol. The minimum atomic E-state index is 0.126. The van der Waals surface area contributed by atoms with Crippen LogP contribution in [0.3, 0.4) is 0 Å². The highest BCUT2D eigenvalue weighted by Crippen LogP contribution is 2.66. The Balaban J connectivity index is 1.39. The van der Waals surface area contributed by atoms with Crippen LogP contribution in [-0.2, 0) is 0 Å². The molecular formula is C31H52P2. The fourth-order valence-corrected chi connectivity index (χ4v) is 17.4. The van der Waals surface area contributed by atoms with Crippen molar-refractivity contribution in [1.29, 1.82) is 0 Å². The van der Waals surface area contributed by atoms with E-state index in [0.29, 0.717) is 0 Å². The average Bonchev–Trinajstić information content (AvgIpc) is 3.36. The Morgan fingerprint density at radius 3 is 1.39 bits per heavy atom. The first-order valence-electron chi connectivity index (χ1n) is 15.3. The molecule has 0 nitrogen and oxygen atoms in total. The summed E-state index contributed by atoms with van der Waals surface area (Å²) in [6.45, 7) is 2.75. The van der Waals surface area contributed by atoms with Gasteiger partial charge in [-0.15, -0.1) is 0 Å². The largest absolute Gasteiger partial charge is 0.0932 e. The lowest BCUT2D eigenvalue weighted by atomic mass is 9.99. The zero-order valence-electron chi connectivity index (χ0n) is 21.7. The Kier molecular flexibility index (Phi) is 9.50. The Morgan fingerprint density at radius 2 is 0.970 bits per heavy atom. The fourth-order valence-electron chi connectivity index (χ4n) is 8.51. The first-order chi connectivity index (χ1) is 16.3. The van der Waals surface area contributed by atoms with E-state index in [0.717, 1.165) is 34.0 Å². The van der Waals surface area contributed by atoms with Gasteiger partial charge in [0.1, 0.15) is 0 Å². The van der Waals surface area contributed by atoms with Gasteiger partial charge in [0.25, 0.3) is 0 Å². The van der Waals surface area contributed by atoms with Gasteiger partial charge in [-0.3, -0.25) is 0 Å². The molecule has 186 valence electrons. The Labute approximate surface area is 208 Å². The minimum Gasteiger partial charge on any atom is -0.0932 e. The van der Waals surface area contributed by atoms with Crippen LogP contribution in [0.5, 0.6) is 0 Å². The van der Waals surface area contributed by atoms with E-state index in [2.05, 4.69) is 25.2 Å². The molecule has 0 amide bonds. The molecule has 5 rings (SSSR count). The van der Waals surface area contributed by atoms with E-state index in [9.17, 15) is 0 Å². The van der Waals surface area contributed by atoms with Crippen LogP contribution in [0.2, 0.25) is 0 Å². The lowest BCUT2D eigenvalue weighted by molar-refractivity contribution is 0.481. The van der Waals surface area contributed by atoms with Crippen LogP contribution in [0.15, 0.2) is 23.8 Å². The summed E-state index contributed by atoms with van der Waals surface area (Å²) in [5.74, 6) is 0. The molecule has 5 aliphatic rings. The first-order valence-corrected chi connectivity index (χ1v) is 18.4. The van der Waals surface area contributed by atoms with Crippen molar-refractivity contribution in [3.8, 4) is 0 Å². The maximum absolute atomic E-state index is 2.75. The molecule has 0 aliphatic heterocycles. The average molecular weight is 487 g/mol. The van der Waals surface area contributed by atoms with Gasteiger partial charge in [-0.05, 0) is 79.7 Å².